The maximum Gasteiger partial charge on any atom is 0.251 e. The number of hydrogen-bond donors (Lipinski definition) is 1. The minimum Gasteiger partial charge on any atom is -0.494 e. The van der Waals surface area contributed by atoms with Crippen molar-refractivity contribution in [1.29, 1.82) is 0 Å². The van der Waals surface area contributed by atoms with Crippen molar-refractivity contribution < 1.29 is 17.9 Å². The van der Waals surface area contributed by atoms with Crippen molar-refractivity contribution in [2.75, 3.05) is 45.9 Å². The molecule has 2 aromatic carbocycles. The molecule has 0 unspecified atom stereocenters. The molecule has 0 bridgehead atoms. The van der Waals surface area contributed by atoms with Crippen LogP contribution in [0, 0.1) is 6.92 Å². The largest absolute Gasteiger partial charge is 0.494 e. The first-order valence-corrected chi connectivity index (χ1v) is 12.6. The van der Waals surface area contributed by atoms with Gasteiger partial charge in [-0.25, -0.2) is 8.42 Å². The molecule has 1 saturated heterocycles. The molecule has 0 spiro atoms. The van der Waals surface area contributed by atoms with E-state index in [9.17, 15) is 13.2 Å². The first-order chi connectivity index (χ1) is 15.4. The quantitative estimate of drug-likeness (QED) is 0.553. The summed E-state index contributed by atoms with van der Waals surface area (Å²) in [5, 5.41) is 2.94. The highest BCUT2D eigenvalue weighted by Gasteiger charge is 2.28. The maximum absolute atomic E-state index is 12.8. The Bertz CT molecular complexity index is 967. The average Bonchev–Trinajstić information content (AvgIpc) is 2.80. The van der Waals surface area contributed by atoms with Gasteiger partial charge in [0.05, 0.1) is 11.5 Å². The lowest BCUT2D eigenvalue weighted by Gasteiger charge is -2.34. The molecule has 0 saturated carbocycles. The number of carbonyl (C=O) groups excluding carboxylic acids is 1. The predicted molar refractivity (Wildman–Crippen MR) is 126 cm³/mol. The SMILES string of the molecule is CCCCOc1ccc(C(=O)NCCN2CCN(S(=O)(=O)c3ccc(C)cc3)CC2)cc1. The first kappa shape index (κ1) is 24.2. The number of benzene rings is 2. The van der Waals surface area contributed by atoms with Crippen molar-refractivity contribution in [2.24, 2.45) is 0 Å². The Hall–Kier alpha value is -2.42. The van der Waals surface area contributed by atoms with Gasteiger partial charge < -0.3 is 10.1 Å². The molecule has 174 valence electrons. The molecule has 0 aromatic heterocycles. The Balaban J connectivity index is 1.40. The zero-order valence-electron chi connectivity index (χ0n) is 18.9. The van der Waals surface area contributed by atoms with E-state index in [1.54, 1.807) is 24.3 Å². The normalized spacial score (nSPS) is 15.4. The van der Waals surface area contributed by atoms with Crippen LogP contribution < -0.4 is 10.1 Å². The van der Waals surface area contributed by atoms with Crippen molar-refractivity contribution in [3.8, 4) is 5.75 Å². The Kier molecular flexibility index (Phi) is 8.67. The lowest BCUT2D eigenvalue weighted by Crippen LogP contribution is -2.50. The van der Waals surface area contributed by atoms with Crippen LogP contribution in [0.25, 0.3) is 0 Å². The summed E-state index contributed by atoms with van der Waals surface area (Å²) in [6.45, 7) is 8.11. The second-order valence-electron chi connectivity index (χ2n) is 8.04. The van der Waals surface area contributed by atoms with E-state index in [0.717, 1.165) is 24.2 Å². The summed E-state index contributed by atoms with van der Waals surface area (Å²) >= 11 is 0. The number of sulfonamides is 1. The van der Waals surface area contributed by atoms with Gasteiger partial charge in [0.2, 0.25) is 10.0 Å². The van der Waals surface area contributed by atoms with E-state index in [1.807, 2.05) is 31.2 Å². The summed E-state index contributed by atoms with van der Waals surface area (Å²) in [7, 11) is -3.46. The summed E-state index contributed by atoms with van der Waals surface area (Å²) in [5.74, 6) is 0.652. The first-order valence-electron chi connectivity index (χ1n) is 11.2. The van der Waals surface area contributed by atoms with Gasteiger partial charge in [-0.15, -0.1) is 0 Å². The molecule has 32 heavy (non-hydrogen) atoms. The molecule has 2 aromatic rings. The third-order valence-electron chi connectivity index (χ3n) is 5.59. The maximum atomic E-state index is 12.8. The van der Waals surface area contributed by atoms with Crippen LogP contribution in [0.3, 0.4) is 0 Å². The van der Waals surface area contributed by atoms with Crippen LogP contribution in [0.4, 0.5) is 0 Å². The molecule has 3 rings (SSSR count). The van der Waals surface area contributed by atoms with Crippen LogP contribution in [0.5, 0.6) is 5.75 Å². The van der Waals surface area contributed by atoms with E-state index >= 15 is 0 Å². The molecule has 1 heterocycles. The van der Waals surface area contributed by atoms with Crippen molar-refractivity contribution in [3.63, 3.8) is 0 Å². The minimum absolute atomic E-state index is 0.120. The van der Waals surface area contributed by atoms with Gasteiger partial charge >= 0.3 is 0 Å². The molecular weight excluding hydrogens is 426 g/mol. The van der Waals surface area contributed by atoms with E-state index in [-0.39, 0.29) is 5.91 Å². The van der Waals surface area contributed by atoms with E-state index in [2.05, 4.69) is 17.1 Å². The van der Waals surface area contributed by atoms with Gasteiger partial charge in [-0.2, -0.15) is 4.31 Å². The second kappa shape index (κ2) is 11.4. The van der Waals surface area contributed by atoms with Gasteiger partial charge in [0.1, 0.15) is 5.75 Å². The number of piperazine rings is 1. The fourth-order valence-electron chi connectivity index (χ4n) is 3.52. The molecule has 7 nitrogen and oxygen atoms in total. The lowest BCUT2D eigenvalue weighted by molar-refractivity contribution is 0.0945. The zero-order valence-corrected chi connectivity index (χ0v) is 19.7. The smallest absolute Gasteiger partial charge is 0.251 e. The number of unbranched alkanes of at least 4 members (excludes halogenated alkanes) is 1. The van der Waals surface area contributed by atoms with Crippen molar-refractivity contribution in [2.45, 2.75) is 31.6 Å². The lowest BCUT2D eigenvalue weighted by atomic mass is 10.2. The number of nitrogens with zero attached hydrogens (tertiary/aromatic N) is 2. The minimum atomic E-state index is -3.46. The molecule has 1 fully saturated rings. The van der Waals surface area contributed by atoms with Crippen molar-refractivity contribution in [1.82, 2.24) is 14.5 Å². The van der Waals surface area contributed by atoms with Crippen LogP contribution >= 0.6 is 0 Å². The number of rotatable bonds is 10. The highest BCUT2D eigenvalue weighted by atomic mass is 32.2. The van der Waals surface area contributed by atoms with Gasteiger partial charge in [0.15, 0.2) is 0 Å². The number of aryl methyl sites for hydroxylation is 1. The van der Waals surface area contributed by atoms with E-state index < -0.39 is 10.0 Å². The number of ether oxygens (including phenoxy) is 1. The topological polar surface area (TPSA) is 79.0 Å². The Morgan fingerprint density at radius 2 is 1.66 bits per heavy atom. The van der Waals surface area contributed by atoms with Gasteiger partial charge in [-0.1, -0.05) is 31.0 Å². The predicted octanol–water partition coefficient (Wildman–Crippen LogP) is 2.91. The van der Waals surface area contributed by atoms with Crippen LogP contribution in [0.15, 0.2) is 53.4 Å². The summed E-state index contributed by atoms with van der Waals surface area (Å²) in [6.07, 6.45) is 2.09. The van der Waals surface area contributed by atoms with E-state index in [1.165, 1.54) is 4.31 Å². The fourth-order valence-corrected chi connectivity index (χ4v) is 4.94. The van der Waals surface area contributed by atoms with Crippen LogP contribution in [-0.2, 0) is 10.0 Å². The molecule has 8 heteroatoms. The van der Waals surface area contributed by atoms with Crippen molar-refractivity contribution >= 4 is 15.9 Å². The molecule has 1 N–H and O–H groups in total. The number of amides is 1. The number of nitrogens with one attached hydrogen (secondary N) is 1. The van der Waals surface area contributed by atoms with Crippen LogP contribution in [0.2, 0.25) is 0 Å². The standard InChI is InChI=1S/C24H33N3O4S/c1-3-4-19-31-22-9-7-21(8-10-22)24(28)25-13-14-26-15-17-27(18-16-26)32(29,30)23-11-5-20(2)6-12-23/h5-12H,3-4,13-19H2,1-2H3,(H,25,28). The fraction of sp³-hybridized carbons (Fsp3) is 0.458. The average molecular weight is 460 g/mol. The van der Waals surface area contributed by atoms with Gasteiger partial charge in [0.25, 0.3) is 5.91 Å². The Morgan fingerprint density at radius 3 is 2.28 bits per heavy atom. The number of carbonyl (C=O) groups is 1. The second-order valence-corrected chi connectivity index (χ2v) is 9.98. The summed E-state index contributed by atoms with van der Waals surface area (Å²) < 4.78 is 32.8. The summed E-state index contributed by atoms with van der Waals surface area (Å²) in [5.41, 5.74) is 1.63. The molecule has 0 aliphatic carbocycles. The van der Waals surface area contributed by atoms with Gasteiger partial charge in [-0.05, 0) is 49.7 Å². The van der Waals surface area contributed by atoms with Gasteiger partial charge in [0, 0.05) is 44.8 Å². The molecule has 0 radical (unpaired) electrons. The summed E-state index contributed by atoms with van der Waals surface area (Å²) in [6, 6.07) is 14.1. The van der Waals surface area contributed by atoms with Gasteiger partial charge in [-0.3, -0.25) is 9.69 Å². The monoisotopic (exact) mass is 459 g/mol. The molecule has 1 amide bonds. The highest BCUT2D eigenvalue weighted by Crippen LogP contribution is 2.18. The van der Waals surface area contributed by atoms with E-state index in [4.69, 9.17) is 4.74 Å². The number of hydrogen-bond acceptors (Lipinski definition) is 5. The highest BCUT2D eigenvalue weighted by molar-refractivity contribution is 7.89. The molecule has 1 aliphatic rings. The third kappa shape index (κ3) is 6.54. The Morgan fingerprint density at radius 1 is 1.00 bits per heavy atom. The Labute approximate surface area is 191 Å². The van der Waals surface area contributed by atoms with Crippen LogP contribution in [-0.4, -0.2) is 69.4 Å². The van der Waals surface area contributed by atoms with Crippen LogP contribution in [0.1, 0.15) is 35.7 Å². The van der Waals surface area contributed by atoms with Crippen molar-refractivity contribution in [3.05, 3.63) is 59.7 Å². The zero-order chi connectivity index (χ0) is 23.0. The third-order valence-corrected chi connectivity index (χ3v) is 7.50. The molecule has 0 atom stereocenters. The molecular formula is C24H33N3O4S. The van der Waals surface area contributed by atoms with E-state index in [0.29, 0.717) is 56.3 Å². The molecule has 1 aliphatic heterocycles. The summed E-state index contributed by atoms with van der Waals surface area (Å²) in [4.78, 5) is 14.9.